The summed E-state index contributed by atoms with van der Waals surface area (Å²) in [6, 6.07) is 6.57. The molecule has 2 N–H and O–H groups in total. The van der Waals surface area contributed by atoms with E-state index in [-0.39, 0.29) is 6.04 Å². The van der Waals surface area contributed by atoms with Crippen molar-refractivity contribution in [2.24, 2.45) is 0 Å². The second kappa shape index (κ2) is 9.97. The average molecular weight is 606 g/mol. The largest absolute Gasteiger partial charge is 0.389 e. The van der Waals surface area contributed by atoms with Crippen LogP contribution in [0, 0.1) is 22.7 Å². The Morgan fingerprint density at radius 1 is 1.16 bits per heavy atom. The number of hydrogen-bond acceptors (Lipinski definition) is 11. The van der Waals surface area contributed by atoms with E-state index in [0.29, 0.717) is 45.3 Å². The summed E-state index contributed by atoms with van der Waals surface area (Å²) in [7, 11) is 2.16. The maximum atomic E-state index is 10.1. The molecule has 3 unspecified atom stereocenters. The first-order valence-corrected chi connectivity index (χ1v) is 16.0. The number of thiophene rings is 1. The van der Waals surface area contributed by atoms with Crippen molar-refractivity contribution < 1.29 is 4.52 Å². The number of nitrogens with two attached hydrogens (primary N) is 1. The molecule has 5 aromatic heterocycles. The predicted molar refractivity (Wildman–Crippen MR) is 163 cm³/mol. The van der Waals surface area contributed by atoms with E-state index in [1.54, 1.807) is 23.1 Å². The van der Waals surface area contributed by atoms with Gasteiger partial charge in [0.2, 0.25) is 0 Å². The lowest BCUT2D eigenvalue weighted by Crippen LogP contribution is -2.35. The average Bonchev–Trinajstić information content (AvgIpc) is 3.86. The van der Waals surface area contributed by atoms with Crippen molar-refractivity contribution in [1.82, 2.24) is 39.6 Å². The summed E-state index contributed by atoms with van der Waals surface area (Å²) in [6.45, 7) is 3.24. The van der Waals surface area contributed by atoms with Crippen molar-refractivity contribution >= 4 is 27.4 Å². The third-order valence-electron chi connectivity index (χ3n) is 9.94. The van der Waals surface area contributed by atoms with E-state index >= 15 is 0 Å². The van der Waals surface area contributed by atoms with Gasteiger partial charge >= 0.3 is 0 Å². The third-order valence-corrected chi connectivity index (χ3v) is 11.0. The number of hydrogen-bond donors (Lipinski definition) is 1. The maximum absolute atomic E-state index is 10.1. The molecule has 12 nitrogen and oxygen atoms in total. The zero-order valence-electron chi connectivity index (χ0n) is 24.6. The second-order valence-electron chi connectivity index (χ2n) is 12.3. The Hall–Kier alpha value is -4.59. The van der Waals surface area contributed by atoms with Crippen LogP contribution >= 0.6 is 11.3 Å². The van der Waals surface area contributed by atoms with Gasteiger partial charge in [-0.25, -0.2) is 19.3 Å². The van der Waals surface area contributed by atoms with Gasteiger partial charge in [-0.1, -0.05) is 5.16 Å². The second-order valence-corrected chi connectivity index (χ2v) is 13.4. The number of aryl methyl sites for hydroxylation is 1. The molecule has 0 saturated carbocycles. The summed E-state index contributed by atoms with van der Waals surface area (Å²) in [5.41, 5.74) is 10.1. The van der Waals surface area contributed by atoms with Crippen LogP contribution in [-0.2, 0) is 18.3 Å². The third kappa shape index (κ3) is 3.79. The van der Waals surface area contributed by atoms with Crippen LogP contribution in [-0.4, -0.2) is 59.2 Å². The van der Waals surface area contributed by atoms with Crippen LogP contribution in [0.25, 0.3) is 28.4 Å². The van der Waals surface area contributed by atoms with Gasteiger partial charge in [-0.2, -0.15) is 20.7 Å². The van der Waals surface area contributed by atoms with Crippen LogP contribution in [0.3, 0.4) is 0 Å². The first kappa shape index (κ1) is 27.0. The van der Waals surface area contributed by atoms with Gasteiger partial charge in [-0.05, 0) is 83.5 Å². The predicted octanol–water partition coefficient (Wildman–Crippen LogP) is 4.67. The van der Waals surface area contributed by atoms with Crippen LogP contribution in [0.5, 0.6) is 0 Å². The maximum Gasteiger partial charge on any atom is 0.186 e. The normalized spacial score (nSPS) is 22.1. The Bertz CT molecular complexity index is 2020. The molecule has 1 aliphatic heterocycles. The van der Waals surface area contributed by atoms with Crippen LogP contribution in [0.15, 0.2) is 23.0 Å². The highest BCUT2D eigenvalue weighted by Crippen LogP contribution is 2.55. The first-order chi connectivity index (χ1) is 21.4. The molecule has 44 heavy (non-hydrogen) atoms. The van der Waals surface area contributed by atoms with Gasteiger partial charge in [0.05, 0.1) is 28.6 Å². The lowest BCUT2D eigenvalue weighted by Gasteiger charge is -2.39. The Morgan fingerprint density at radius 2 is 2.00 bits per heavy atom. The number of nitrogen functional groups attached to an aromatic ring is 1. The van der Waals surface area contributed by atoms with Crippen LogP contribution in [0.1, 0.15) is 84.5 Å². The summed E-state index contributed by atoms with van der Waals surface area (Å²) in [4.78, 5) is 13.7. The molecule has 222 valence electrons. The molecule has 2 aliphatic carbocycles. The summed E-state index contributed by atoms with van der Waals surface area (Å²) >= 11 is 1.53. The Labute approximate surface area is 257 Å². The van der Waals surface area contributed by atoms with E-state index in [2.05, 4.69) is 41.3 Å². The number of nitriles is 2. The highest BCUT2D eigenvalue weighted by Gasteiger charge is 2.49. The van der Waals surface area contributed by atoms with E-state index in [4.69, 9.17) is 25.3 Å². The van der Waals surface area contributed by atoms with Gasteiger partial charge in [0.25, 0.3) is 0 Å². The Kier molecular flexibility index (Phi) is 6.12. The molecule has 3 aliphatic rings. The van der Waals surface area contributed by atoms with Gasteiger partial charge in [-0.3, -0.25) is 0 Å². The fraction of sp³-hybridized carbons (Fsp3) is 0.452. The van der Waals surface area contributed by atoms with E-state index in [9.17, 15) is 10.5 Å². The van der Waals surface area contributed by atoms with Crippen molar-refractivity contribution in [2.75, 3.05) is 19.3 Å². The smallest absolute Gasteiger partial charge is 0.186 e. The first-order valence-electron chi connectivity index (χ1n) is 15.2. The molecular weight excluding hydrogens is 574 g/mol. The summed E-state index contributed by atoms with van der Waals surface area (Å²) < 4.78 is 9.86. The van der Waals surface area contributed by atoms with Gasteiger partial charge in [0.15, 0.2) is 34.4 Å². The van der Waals surface area contributed by atoms with Gasteiger partial charge in [0, 0.05) is 22.7 Å². The zero-order chi connectivity index (χ0) is 30.2. The molecule has 1 spiro atoms. The van der Waals surface area contributed by atoms with Crippen molar-refractivity contribution in [3.8, 4) is 29.5 Å². The minimum Gasteiger partial charge on any atom is -0.389 e. The summed E-state index contributed by atoms with van der Waals surface area (Å²) in [5, 5.41) is 34.8. The molecule has 0 amide bonds. The van der Waals surface area contributed by atoms with E-state index in [1.807, 2.05) is 4.68 Å². The van der Waals surface area contributed by atoms with Crippen molar-refractivity contribution in [1.29, 1.82) is 10.5 Å². The molecular formula is C31H31N11OS. The molecule has 6 heterocycles. The molecule has 8 rings (SSSR count). The Balaban J connectivity index is 1.32. The number of anilines is 1. The summed E-state index contributed by atoms with van der Waals surface area (Å²) in [6.07, 6.45) is 11.1. The fourth-order valence-electron chi connectivity index (χ4n) is 7.92. The number of likely N-dealkylation sites (tertiary alicyclic amines) is 1. The standard InChI is InChI=1S/C31H31N11OS/c1-17(22-7-5-12-40(22)2)42-30-21(16-35-42)29(41-13-9-18(14-32)38-41)36-28(37-30)25-19-6-3-10-31(26(19)43-39-25)11-4-8-23-24(31)20(15-33)27(34)44-23/h9,13,16-17,22H,3-8,10-12,34H2,1-2H3. The fourth-order valence-corrected chi connectivity index (χ4v) is 9.08. The molecule has 0 aromatic carbocycles. The van der Waals surface area contributed by atoms with Crippen molar-refractivity contribution in [3.05, 3.63) is 51.5 Å². The molecule has 5 aromatic rings. The minimum atomic E-state index is -0.439. The van der Waals surface area contributed by atoms with Crippen LogP contribution in [0.2, 0.25) is 0 Å². The minimum absolute atomic E-state index is 0.0755. The monoisotopic (exact) mass is 605 g/mol. The molecule has 1 fully saturated rings. The molecule has 3 atom stereocenters. The number of likely N-dealkylation sites (N-methyl/N-ethyl adjacent to an activating group) is 1. The topological polar surface area (TPSA) is 164 Å². The van der Waals surface area contributed by atoms with Gasteiger partial charge in [0.1, 0.15) is 17.1 Å². The number of rotatable bonds is 4. The summed E-state index contributed by atoms with van der Waals surface area (Å²) in [5.74, 6) is 1.77. The van der Waals surface area contributed by atoms with E-state index < -0.39 is 5.41 Å². The number of nitrogens with zero attached hydrogens (tertiary/aromatic N) is 10. The molecule has 13 heteroatoms. The Morgan fingerprint density at radius 3 is 2.75 bits per heavy atom. The lowest BCUT2D eigenvalue weighted by molar-refractivity contribution is 0.232. The molecule has 1 saturated heterocycles. The van der Waals surface area contributed by atoms with Crippen molar-refractivity contribution in [3.63, 3.8) is 0 Å². The molecule has 0 bridgehead atoms. The number of aromatic nitrogens is 7. The highest BCUT2D eigenvalue weighted by atomic mass is 32.1. The zero-order valence-corrected chi connectivity index (χ0v) is 25.4. The van der Waals surface area contributed by atoms with Crippen molar-refractivity contribution in [2.45, 2.75) is 75.8 Å². The highest BCUT2D eigenvalue weighted by molar-refractivity contribution is 7.16. The lowest BCUT2D eigenvalue weighted by atomic mass is 9.63. The SMILES string of the molecule is CC(C1CCCN1C)n1ncc2c(-n3ccc(C#N)n3)nc(-c3noc4c3CCCC43CCCc4sc(N)c(C#N)c43)nc21. The van der Waals surface area contributed by atoms with Gasteiger partial charge in [-0.15, -0.1) is 11.3 Å². The van der Waals surface area contributed by atoms with Crippen LogP contribution in [0.4, 0.5) is 5.00 Å². The number of fused-ring (bicyclic) bond motifs is 5. The van der Waals surface area contributed by atoms with Gasteiger partial charge < -0.3 is 15.2 Å². The quantitative estimate of drug-likeness (QED) is 0.304. The van der Waals surface area contributed by atoms with E-state index in [0.717, 1.165) is 80.2 Å². The van der Waals surface area contributed by atoms with E-state index in [1.165, 1.54) is 16.2 Å². The molecule has 0 radical (unpaired) electrons. The van der Waals surface area contributed by atoms with Crippen LogP contribution < -0.4 is 5.73 Å².